The highest BCUT2D eigenvalue weighted by molar-refractivity contribution is 7.91. The van der Waals surface area contributed by atoms with Gasteiger partial charge < -0.3 is 19.9 Å². The van der Waals surface area contributed by atoms with Gasteiger partial charge in [0, 0.05) is 32.7 Å². The average Bonchev–Trinajstić information content (AvgIpc) is 3.05. The summed E-state index contributed by atoms with van der Waals surface area (Å²) in [7, 11) is -1.47. The van der Waals surface area contributed by atoms with Crippen LogP contribution in [0.5, 0.6) is 5.75 Å². The van der Waals surface area contributed by atoms with Crippen LogP contribution < -0.4 is 10.1 Å². The van der Waals surface area contributed by atoms with Gasteiger partial charge in [0.1, 0.15) is 5.75 Å². The van der Waals surface area contributed by atoms with E-state index in [1.165, 1.54) is 0 Å². The van der Waals surface area contributed by atoms with E-state index in [1.807, 2.05) is 24.3 Å². The van der Waals surface area contributed by atoms with Crippen molar-refractivity contribution in [3.63, 3.8) is 0 Å². The number of hydrogen-bond donors (Lipinski definition) is 1. The van der Waals surface area contributed by atoms with Crippen LogP contribution in [0.4, 0.5) is 4.79 Å². The fraction of sp³-hybridized carbons (Fsp3) is 0.556. The van der Waals surface area contributed by atoms with Gasteiger partial charge >= 0.3 is 6.03 Å². The van der Waals surface area contributed by atoms with Gasteiger partial charge in [-0.3, -0.25) is 4.79 Å². The fourth-order valence-corrected chi connectivity index (χ4v) is 5.14. The number of urea groups is 1. The zero-order valence-electron chi connectivity index (χ0n) is 15.4. The average molecular weight is 395 g/mol. The van der Waals surface area contributed by atoms with Crippen molar-refractivity contribution < 1.29 is 22.7 Å². The molecule has 9 heteroatoms. The normalized spacial score (nSPS) is 21.7. The van der Waals surface area contributed by atoms with E-state index in [4.69, 9.17) is 4.74 Å². The molecule has 3 rings (SSSR count). The molecule has 2 aliphatic rings. The van der Waals surface area contributed by atoms with Gasteiger partial charge in [0.05, 0.1) is 24.5 Å². The van der Waals surface area contributed by atoms with Crippen molar-refractivity contribution in [1.29, 1.82) is 0 Å². The number of methoxy groups -OCH3 is 1. The van der Waals surface area contributed by atoms with Gasteiger partial charge in [0.25, 0.3) is 0 Å². The molecule has 0 bridgehead atoms. The highest BCUT2D eigenvalue weighted by Gasteiger charge is 2.36. The molecule has 8 nitrogen and oxygen atoms in total. The molecule has 27 heavy (non-hydrogen) atoms. The maximum Gasteiger partial charge on any atom is 0.317 e. The Morgan fingerprint density at radius 2 is 1.74 bits per heavy atom. The predicted molar refractivity (Wildman–Crippen MR) is 100 cm³/mol. The van der Waals surface area contributed by atoms with Crippen molar-refractivity contribution in [3.05, 3.63) is 29.8 Å². The van der Waals surface area contributed by atoms with Crippen molar-refractivity contribution in [2.24, 2.45) is 5.92 Å². The molecular weight excluding hydrogens is 370 g/mol. The zero-order chi connectivity index (χ0) is 19.4. The smallest absolute Gasteiger partial charge is 0.317 e. The van der Waals surface area contributed by atoms with Crippen molar-refractivity contribution >= 4 is 21.8 Å². The van der Waals surface area contributed by atoms with Crippen LogP contribution in [0.1, 0.15) is 12.0 Å². The van der Waals surface area contributed by atoms with E-state index in [1.54, 1.807) is 16.9 Å². The van der Waals surface area contributed by atoms with Crippen LogP contribution in [-0.4, -0.2) is 75.0 Å². The molecule has 0 aromatic heterocycles. The number of benzene rings is 1. The summed E-state index contributed by atoms with van der Waals surface area (Å²) in [6.45, 7) is 2.18. The van der Waals surface area contributed by atoms with E-state index in [0.717, 1.165) is 11.3 Å². The molecule has 148 valence electrons. The quantitative estimate of drug-likeness (QED) is 0.800. The second kappa shape index (κ2) is 8.16. The first-order valence-electron chi connectivity index (χ1n) is 9.03. The Kier molecular flexibility index (Phi) is 5.88. The first kappa shape index (κ1) is 19.5. The lowest BCUT2D eigenvalue weighted by atomic mass is 10.1. The zero-order valence-corrected chi connectivity index (χ0v) is 16.2. The summed E-state index contributed by atoms with van der Waals surface area (Å²) in [5.41, 5.74) is 0.973. The Morgan fingerprint density at radius 1 is 1.11 bits per heavy atom. The molecule has 1 atom stereocenters. The minimum atomic E-state index is -3.07. The number of nitrogens with one attached hydrogen (secondary N) is 1. The first-order chi connectivity index (χ1) is 12.9. The summed E-state index contributed by atoms with van der Waals surface area (Å²) in [6.07, 6.45) is 0.406. The minimum Gasteiger partial charge on any atom is -0.497 e. The van der Waals surface area contributed by atoms with Gasteiger partial charge in [-0.05, 0) is 24.1 Å². The third-order valence-electron chi connectivity index (χ3n) is 5.06. The van der Waals surface area contributed by atoms with E-state index in [0.29, 0.717) is 39.1 Å². The standard InChI is InChI=1S/C18H25N3O5S/c1-26-16-4-2-14(3-5-16)12-19-18(23)21-9-7-20(8-10-21)17(22)15-6-11-27(24,25)13-15/h2-5,15H,6-13H2,1H3,(H,19,23)/t15-/m1/s1. The summed E-state index contributed by atoms with van der Waals surface area (Å²) < 4.78 is 28.2. The molecule has 0 radical (unpaired) electrons. The molecule has 3 amide bonds. The predicted octanol–water partition coefficient (Wildman–Crippen LogP) is 0.484. The number of sulfone groups is 1. The topological polar surface area (TPSA) is 96.0 Å². The van der Waals surface area contributed by atoms with Gasteiger partial charge in [-0.2, -0.15) is 0 Å². The molecular formula is C18H25N3O5S. The van der Waals surface area contributed by atoms with Crippen molar-refractivity contribution in [1.82, 2.24) is 15.1 Å². The molecule has 0 saturated carbocycles. The molecule has 1 aromatic rings. The van der Waals surface area contributed by atoms with Gasteiger partial charge in [-0.25, -0.2) is 13.2 Å². The van der Waals surface area contributed by atoms with E-state index in [-0.39, 0.29) is 23.4 Å². The minimum absolute atomic E-state index is 0.0472. The van der Waals surface area contributed by atoms with Gasteiger partial charge in [0.2, 0.25) is 5.91 Å². The lowest BCUT2D eigenvalue weighted by Gasteiger charge is -2.35. The largest absolute Gasteiger partial charge is 0.497 e. The molecule has 2 heterocycles. The van der Waals surface area contributed by atoms with Crippen LogP contribution in [0.25, 0.3) is 0 Å². The second-order valence-corrected chi connectivity index (χ2v) is 9.15. The Morgan fingerprint density at radius 3 is 2.30 bits per heavy atom. The molecule has 2 aliphatic heterocycles. The molecule has 0 spiro atoms. The Bertz CT molecular complexity index is 786. The summed E-state index contributed by atoms with van der Waals surface area (Å²) in [4.78, 5) is 28.1. The Hall–Kier alpha value is -2.29. The number of piperazine rings is 1. The van der Waals surface area contributed by atoms with E-state index in [9.17, 15) is 18.0 Å². The van der Waals surface area contributed by atoms with Crippen LogP contribution in [0.2, 0.25) is 0 Å². The number of hydrogen-bond acceptors (Lipinski definition) is 5. The SMILES string of the molecule is COc1ccc(CNC(=O)N2CCN(C(=O)[C@@H]3CCS(=O)(=O)C3)CC2)cc1. The monoisotopic (exact) mass is 395 g/mol. The summed E-state index contributed by atoms with van der Waals surface area (Å²) in [6, 6.07) is 7.31. The number of carbonyl (C=O) groups is 2. The third-order valence-corrected chi connectivity index (χ3v) is 6.83. The number of rotatable bonds is 4. The first-order valence-corrected chi connectivity index (χ1v) is 10.8. The number of nitrogens with zero attached hydrogens (tertiary/aromatic N) is 2. The Balaban J connectivity index is 1.44. The highest BCUT2D eigenvalue weighted by atomic mass is 32.2. The Labute approximate surface area is 159 Å². The maximum absolute atomic E-state index is 12.5. The molecule has 2 fully saturated rings. The molecule has 1 N–H and O–H groups in total. The van der Waals surface area contributed by atoms with Crippen LogP contribution in [0.3, 0.4) is 0 Å². The van der Waals surface area contributed by atoms with Crippen LogP contribution in [-0.2, 0) is 21.2 Å². The third kappa shape index (κ3) is 4.91. The second-order valence-electron chi connectivity index (χ2n) is 6.92. The number of carbonyl (C=O) groups excluding carboxylic acids is 2. The molecule has 2 saturated heterocycles. The molecule has 0 unspecified atom stereocenters. The van der Waals surface area contributed by atoms with Crippen LogP contribution >= 0.6 is 0 Å². The number of ether oxygens (including phenoxy) is 1. The van der Waals surface area contributed by atoms with Crippen molar-refractivity contribution in [3.8, 4) is 5.75 Å². The van der Waals surface area contributed by atoms with Crippen LogP contribution in [0.15, 0.2) is 24.3 Å². The van der Waals surface area contributed by atoms with Crippen molar-refractivity contribution in [2.45, 2.75) is 13.0 Å². The van der Waals surface area contributed by atoms with Gasteiger partial charge in [-0.1, -0.05) is 12.1 Å². The van der Waals surface area contributed by atoms with Gasteiger partial charge in [-0.15, -0.1) is 0 Å². The van der Waals surface area contributed by atoms with E-state index >= 15 is 0 Å². The summed E-state index contributed by atoms with van der Waals surface area (Å²) in [5, 5.41) is 2.88. The summed E-state index contributed by atoms with van der Waals surface area (Å²) in [5.74, 6) is 0.284. The summed E-state index contributed by atoms with van der Waals surface area (Å²) >= 11 is 0. The number of amides is 3. The lowest BCUT2D eigenvalue weighted by Crippen LogP contribution is -2.54. The van der Waals surface area contributed by atoms with E-state index in [2.05, 4.69) is 5.32 Å². The highest BCUT2D eigenvalue weighted by Crippen LogP contribution is 2.21. The lowest BCUT2D eigenvalue weighted by molar-refractivity contribution is -0.136. The van der Waals surface area contributed by atoms with E-state index < -0.39 is 15.8 Å². The van der Waals surface area contributed by atoms with Crippen LogP contribution in [0, 0.1) is 5.92 Å². The molecule has 1 aromatic carbocycles. The van der Waals surface area contributed by atoms with Crippen molar-refractivity contribution in [2.75, 3.05) is 44.8 Å². The fourth-order valence-electron chi connectivity index (χ4n) is 3.41. The molecule has 0 aliphatic carbocycles. The van der Waals surface area contributed by atoms with Gasteiger partial charge in [0.15, 0.2) is 9.84 Å². The maximum atomic E-state index is 12.5.